The molecule has 1 aliphatic heterocycles. The van der Waals surface area contributed by atoms with Gasteiger partial charge in [0, 0.05) is 18.7 Å². The second-order valence-electron chi connectivity index (χ2n) is 4.64. The molecular weight excluding hydrogens is 240 g/mol. The number of aromatic nitrogens is 2. The van der Waals surface area contributed by atoms with Crippen LogP contribution in [0.1, 0.15) is 24.8 Å². The Balaban J connectivity index is 1.81. The summed E-state index contributed by atoms with van der Waals surface area (Å²) in [6.07, 6.45) is 3.64. The molecule has 1 aromatic carbocycles. The van der Waals surface area contributed by atoms with Crippen LogP contribution in [0.3, 0.4) is 0 Å². The Bertz CT molecular complexity index is 591. The van der Waals surface area contributed by atoms with Gasteiger partial charge in [-0.15, -0.1) is 0 Å². The number of hydrogen-bond acceptors (Lipinski definition) is 5. The predicted molar refractivity (Wildman–Crippen MR) is 70.5 cm³/mol. The molecule has 5 nitrogen and oxygen atoms in total. The lowest BCUT2D eigenvalue weighted by molar-refractivity contribution is 0.426. The molecule has 0 saturated carbocycles. The molecule has 0 aliphatic carbocycles. The Hall–Kier alpha value is -2.35. The van der Waals surface area contributed by atoms with E-state index in [9.17, 15) is 0 Å². The summed E-state index contributed by atoms with van der Waals surface area (Å²) in [4.78, 5) is 6.58. The molecular formula is C14H14N4O. The molecule has 1 saturated heterocycles. The first-order chi connectivity index (χ1) is 9.36. The van der Waals surface area contributed by atoms with Gasteiger partial charge in [-0.1, -0.05) is 0 Å². The van der Waals surface area contributed by atoms with Crippen molar-refractivity contribution in [3.8, 4) is 17.5 Å². The minimum atomic E-state index is 0.505. The molecule has 3 rings (SSSR count). The molecule has 19 heavy (non-hydrogen) atoms. The fourth-order valence-corrected chi connectivity index (χ4v) is 2.24. The van der Waals surface area contributed by atoms with Crippen LogP contribution in [-0.2, 0) is 0 Å². The summed E-state index contributed by atoms with van der Waals surface area (Å²) in [6, 6.07) is 9.24. The van der Waals surface area contributed by atoms with Gasteiger partial charge in [-0.2, -0.15) is 10.2 Å². The van der Waals surface area contributed by atoms with Crippen molar-refractivity contribution in [1.29, 1.82) is 5.26 Å². The predicted octanol–water partition coefficient (Wildman–Crippen LogP) is 2.60. The van der Waals surface area contributed by atoms with E-state index in [1.807, 2.05) is 12.1 Å². The quantitative estimate of drug-likeness (QED) is 0.824. The molecule has 0 bridgehead atoms. The number of hydrogen-bond donors (Lipinski definition) is 0. The molecule has 1 aliphatic rings. The zero-order chi connectivity index (χ0) is 13.1. The van der Waals surface area contributed by atoms with Gasteiger partial charge in [-0.3, -0.25) is 0 Å². The zero-order valence-corrected chi connectivity index (χ0v) is 10.5. The molecule has 5 heteroatoms. The van der Waals surface area contributed by atoms with Crippen LogP contribution in [0.25, 0.3) is 11.5 Å². The van der Waals surface area contributed by atoms with Gasteiger partial charge in [-0.25, -0.2) is 0 Å². The lowest BCUT2D eigenvalue weighted by Gasteiger charge is -2.24. The minimum absolute atomic E-state index is 0.505. The van der Waals surface area contributed by atoms with Gasteiger partial charge in [0.2, 0.25) is 0 Å². The van der Waals surface area contributed by atoms with Crippen LogP contribution in [0.2, 0.25) is 0 Å². The highest BCUT2D eigenvalue weighted by Crippen LogP contribution is 2.22. The SMILES string of the molecule is N#Cc1ccc(-c2nc(N3CCCCC3)no2)cc1. The summed E-state index contributed by atoms with van der Waals surface area (Å²) < 4.78 is 5.29. The molecule has 2 heterocycles. The van der Waals surface area contributed by atoms with E-state index in [1.54, 1.807) is 12.1 Å². The van der Waals surface area contributed by atoms with E-state index in [4.69, 9.17) is 9.78 Å². The van der Waals surface area contributed by atoms with E-state index >= 15 is 0 Å². The second kappa shape index (κ2) is 5.11. The van der Waals surface area contributed by atoms with Crippen molar-refractivity contribution in [2.24, 2.45) is 0 Å². The van der Waals surface area contributed by atoms with Gasteiger partial charge in [-0.05, 0) is 48.7 Å². The second-order valence-corrected chi connectivity index (χ2v) is 4.64. The van der Waals surface area contributed by atoms with Crippen LogP contribution in [0, 0.1) is 11.3 Å². The summed E-state index contributed by atoms with van der Waals surface area (Å²) in [5.74, 6) is 1.17. The molecule has 0 amide bonds. The Morgan fingerprint density at radius 2 is 1.84 bits per heavy atom. The van der Waals surface area contributed by atoms with Gasteiger partial charge in [0.05, 0.1) is 11.6 Å². The fourth-order valence-electron chi connectivity index (χ4n) is 2.24. The van der Waals surface area contributed by atoms with Gasteiger partial charge in [0.15, 0.2) is 0 Å². The number of anilines is 1. The maximum absolute atomic E-state index is 8.77. The highest BCUT2D eigenvalue weighted by Gasteiger charge is 2.17. The Morgan fingerprint density at radius 1 is 1.11 bits per heavy atom. The first-order valence-corrected chi connectivity index (χ1v) is 6.46. The number of nitriles is 1. The number of piperidine rings is 1. The topological polar surface area (TPSA) is 66.0 Å². The average molecular weight is 254 g/mol. The third-order valence-corrected chi connectivity index (χ3v) is 3.32. The van der Waals surface area contributed by atoms with E-state index in [2.05, 4.69) is 21.1 Å². The standard InChI is InChI=1S/C14H14N4O/c15-10-11-4-6-12(7-5-11)13-16-14(17-19-13)18-8-2-1-3-9-18/h4-7H,1-3,8-9H2. The van der Waals surface area contributed by atoms with Crippen LogP contribution >= 0.6 is 0 Å². The average Bonchev–Trinajstić information content (AvgIpc) is 2.98. The molecule has 2 aromatic rings. The van der Waals surface area contributed by atoms with Crippen LogP contribution in [-0.4, -0.2) is 23.2 Å². The van der Waals surface area contributed by atoms with Crippen LogP contribution in [0.5, 0.6) is 0 Å². The number of rotatable bonds is 2. The van der Waals surface area contributed by atoms with Gasteiger partial charge >= 0.3 is 0 Å². The van der Waals surface area contributed by atoms with Crippen LogP contribution < -0.4 is 4.90 Å². The van der Waals surface area contributed by atoms with Crippen LogP contribution in [0.15, 0.2) is 28.8 Å². The van der Waals surface area contributed by atoms with E-state index in [1.165, 1.54) is 19.3 Å². The lowest BCUT2D eigenvalue weighted by atomic mass is 10.1. The number of benzene rings is 1. The first kappa shape index (κ1) is 11.7. The summed E-state index contributed by atoms with van der Waals surface area (Å²) in [7, 11) is 0. The van der Waals surface area contributed by atoms with Crippen molar-refractivity contribution in [3.05, 3.63) is 29.8 Å². The summed E-state index contributed by atoms with van der Waals surface area (Å²) in [5.41, 5.74) is 1.47. The normalized spacial score (nSPS) is 15.2. The molecule has 0 N–H and O–H groups in total. The van der Waals surface area contributed by atoms with E-state index in [0.717, 1.165) is 18.7 Å². The van der Waals surface area contributed by atoms with E-state index in [-0.39, 0.29) is 0 Å². The van der Waals surface area contributed by atoms with Crippen molar-refractivity contribution in [2.75, 3.05) is 18.0 Å². The highest BCUT2D eigenvalue weighted by molar-refractivity contribution is 5.56. The van der Waals surface area contributed by atoms with Crippen molar-refractivity contribution in [2.45, 2.75) is 19.3 Å². The molecule has 0 radical (unpaired) electrons. The van der Waals surface area contributed by atoms with Crippen LogP contribution in [0.4, 0.5) is 5.95 Å². The monoisotopic (exact) mass is 254 g/mol. The molecule has 0 unspecified atom stereocenters. The number of nitrogens with zero attached hydrogens (tertiary/aromatic N) is 4. The fraction of sp³-hybridized carbons (Fsp3) is 0.357. The molecule has 1 aromatic heterocycles. The first-order valence-electron chi connectivity index (χ1n) is 6.46. The zero-order valence-electron chi connectivity index (χ0n) is 10.5. The molecule has 0 atom stereocenters. The van der Waals surface area contributed by atoms with Gasteiger partial charge in [0.1, 0.15) is 0 Å². The maximum atomic E-state index is 8.77. The molecule has 96 valence electrons. The van der Waals surface area contributed by atoms with Crippen molar-refractivity contribution < 1.29 is 4.52 Å². The minimum Gasteiger partial charge on any atom is -0.338 e. The smallest absolute Gasteiger partial charge is 0.266 e. The van der Waals surface area contributed by atoms with Crippen molar-refractivity contribution in [3.63, 3.8) is 0 Å². The Labute approximate surface area is 111 Å². The lowest BCUT2D eigenvalue weighted by Crippen LogP contribution is -2.30. The Kier molecular flexibility index (Phi) is 3.15. The van der Waals surface area contributed by atoms with Gasteiger partial charge < -0.3 is 9.42 Å². The molecule has 1 fully saturated rings. The van der Waals surface area contributed by atoms with E-state index in [0.29, 0.717) is 17.4 Å². The third-order valence-electron chi connectivity index (χ3n) is 3.32. The highest BCUT2D eigenvalue weighted by atomic mass is 16.5. The summed E-state index contributed by atoms with van der Waals surface area (Å²) >= 11 is 0. The third kappa shape index (κ3) is 2.43. The Morgan fingerprint density at radius 3 is 2.53 bits per heavy atom. The molecule has 0 spiro atoms. The maximum Gasteiger partial charge on any atom is 0.266 e. The van der Waals surface area contributed by atoms with Crippen molar-refractivity contribution in [1.82, 2.24) is 10.1 Å². The van der Waals surface area contributed by atoms with E-state index < -0.39 is 0 Å². The van der Waals surface area contributed by atoms with Crippen molar-refractivity contribution >= 4 is 5.95 Å². The largest absolute Gasteiger partial charge is 0.338 e. The summed E-state index contributed by atoms with van der Waals surface area (Å²) in [5, 5.41) is 12.8. The summed E-state index contributed by atoms with van der Waals surface area (Å²) in [6.45, 7) is 1.98. The van der Waals surface area contributed by atoms with Gasteiger partial charge in [0.25, 0.3) is 11.8 Å².